The highest BCUT2D eigenvalue weighted by Crippen LogP contribution is 2.00. The number of hydrogen-bond acceptors (Lipinski definition) is 4. The van der Waals surface area contributed by atoms with Gasteiger partial charge in [0.1, 0.15) is 0 Å². The van der Waals surface area contributed by atoms with Gasteiger partial charge in [0.05, 0.1) is 20.6 Å². The summed E-state index contributed by atoms with van der Waals surface area (Å²) in [4.78, 5) is 21.3. The van der Waals surface area contributed by atoms with Crippen molar-refractivity contribution in [1.29, 1.82) is 0 Å². The van der Waals surface area contributed by atoms with Crippen LogP contribution in [0, 0.1) is 0 Å². The van der Waals surface area contributed by atoms with Crippen LogP contribution in [0.3, 0.4) is 0 Å². The van der Waals surface area contributed by atoms with Crippen molar-refractivity contribution in [3.05, 3.63) is 11.6 Å². The van der Waals surface area contributed by atoms with Gasteiger partial charge in [-0.05, 0) is 6.92 Å². The largest absolute Gasteiger partial charge is 0.469 e. The summed E-state index contributed by atoms with van der Waals surface area (Å²) in [5.41, 5.74) is 0.619. The maximum atomic E-state index is 10.7. The van der Waals surface area contributed by atoms with Crippen molar-refractivity contribution in [3.63, 3.8) is 0 Å². The van der Waals surface area contributed by atoms with Gasteiger partial charge in [0.15, 0.2) is 0 Å². The first-order chi connectivity index (χ1) is 5.60. The first-order valence-corrected chi connectivity index (χ1v) is 3.42. The van der Waals surface area contributed by atoms with Crippen LogP contribution in [0.25, 0.3) is 0 Å². The fourth-order valence-electron chi connectivity index (χ4n) is 0.611. The van der Waals surface area contributed by atoms with Crippen molar-refractivity contribution in [2.24, 2.45) is 0 Å². The summed E-state index contributed by atoms with van der Waals surface area (Å²) in [6.45, 7) is 1.66. The molecule has 0 saturated heterocycles. The van der Waals surface area contributed by atoms with Crippen LogP contribution in [-0.2, 0) is 19.1 Å². The zero-order valence-corrected chi connectivity index (χ0v) is 7.42. The van der Waals surface area contributed by atoms with E-state index in [1.807, 2.05) is 0 Å². The van der Waals surface area contributed by atoms with Crippen LogP contribution in [0.15, 0.2) is 11.6 Å². The number of ether oxygens (including phenoxy) is 2. The molecule has 0 aliphatic carbocycles. The summed E-state index contributed by atoms with van der Waals surface area (Å²) in [5.74, 6) is -0.830. The Labute approximate surface area is 71.2 Å². The van der Waals surface area contributed by atoms with E-state index in [0.29, 0.717) is 5.57 Å². The third kappa shape index (κ3) is 4.49. The van der Waals surface area contributed by atoms with E-state index in [1.54, 1.807) is 6.92 Å². The lowest BCUT2D eigenvalue weighted by Gasteiger charge is -1.98. The smallest absolute Gasteiger partial charge is 0.330 e. The lowest BCUT2D eigenvalue weighted by Crippen LogP contribution is -2.02. The molecule has 12 heavy (non-hydrogen) atoms. The monoisotopic (exact) mass is 172 g/mol. The molecule has 0 aromatic carbocycles. The number of esters is 2. The minimum Gasteiger partial charge on any atom is -0.469 e. The van der Waals surface area contributed by atoms with E-state index in [0.717, 1.165) is 0 Å². The second-order valence-electron chi connectivity index (χ2n) is 2.27. The summed E-state index contributed by atoms with van der Waals surface area (Å²) in [5, 5.41) is 0. The van der Waals surface area contributed by atoms with Gasteiger partial charge in [0, 0.05) is 6.08 Å². The molecule has 0 aromatic rings. The van der Waals surface area contributed by atoms with Crippen molar-refractivity contribution in [1.82, 2.24) is 0 Å². The Bertz CT molecular complexity index is 205. The molecule has 0 N–H and O–H groups in total. The number of methoxy groups -OCH3 is 2. The van der Waals surface area contributed by atoms with Crippen LogP contribution in [0.2, 0.25) is 0 Å². The minimum absolute atomic E-state index is 0.117. The number of rotatable bonds is 3. The van der Waals surface area contributed by atoms with E-state index in [9.17, 15) is 9.59 Å². The number of carbonyl (C=O) groups is 2. The van der Waals surface area contributed by atoms with E-state index >= 15 is 0 Å². The van der Waals surface area contributed by atoms with Gasteiger partial charge < -0.3 is 9.47 Å². The average molecular weight is 172 g/mol. The molecule has 0 radical (unpaired) electrons. The van der Waals surface area contributed by atoms with Crippen LogP contribution in [0.5, 0.6) is 0 Å². The molecule has 0 saturated carbocycles. The van der Waals surface area contributed by atoms with Gasteiger partial charge in [0.25, 0.3) is 0 Å². The number of carbonyl (C=O) groups excluding carboxylic acids is 2. The van der Waals surface area contributed by atoms with Crippen molar-refractivity contribution >= 4 is 11.9 Å². The van der Waals surface area contributed by atoms with Crippen LogP contribution in [-0.4, -0.2) is 26.2 Å². The predicted molar refractivity (Wildman–Crippen MR) is 42.4 cm³/mol. The van der Waals surface area contributed by atoms with Crippen molar-refractivity contribution in [2.75, 3.05) is 14.2 Å². The average Bonchev–Trinajstić information content (AvgIpc) is 2.03. The highest BCUT2D eigenvalue weighted by Gasteiger charge is 2.03. The first kappa shape index (κ1) is 10.7. The van der Waals surface area contributed by atoms with Gasteiger partial charge in [-0.1, -0.05) is 5.57 Å². The van der Waals surface area contributed by atoms with E-state index in [4.69, 9.17) is 0 Å². The van der Waals surface area contributed by atoms with E-state index in [1.165, 1.54) is 20.3 Å². The summed E-state index contributed by atoms with van der Waals surface area (Å²) in [6, 6.07) is 0. The molecule has 0 amide bonds. The summed E-state index contributed by atoms with van der Waals surface area (Å²) in [7, 11) is 2.58. The molecule has 0 aromatic heterocycles. The summed E-state index contributed by atoms with van der Waals surface area (Å²) < 4.78 is 8.77. The molecular weight excluding hydrogens is 160 g/mol. The van der Waals surface area contributed by atoms with E-state index in [2.05, 4.69) is 9.47 Å². The Morgan fingerprint density at radius 1 is 1.25 bits per heavy atom. The van der Waals surface area contributed by atoms with Crippen molar-refractivity contribution in [2.45, 2.75) is 13.3 Å². The fourth-order valence-corrected chi connectivity index (χ4v) is 0.611. The van der Waals surface area contributed by atoms with Crippen LogP contribution in [0.4, 0.5) is 0 Å². The van der Waals surface area contributed by atoms with Gasteiger partial charge in [0.2, 0.25) is 0 Å². The minimum atomic E-state index is -0.462. The van der Waals surface area contributed by atoms with Gasteiger partial charge >= 0.3 is 11.9 Å². The van der Waals surface area contributed by atoms with Gasteiger partial charge in [-0.25, -0.2) is 4.79 Å². The molecule has 0 aliphatic heterocycles. The Morgan fingerprint density at radius 3 is 2.25 bits per heavy atom. The first-order valence-electron chi connectivity index (χ1n) is 3.42. The van der Waals surface area contributed by atoms with Crippen LogP contribution >= 0.6 is 0 Å². The molecule has 0 fully saturated rings. The molecule has 4 heteroatoms. The van der Waals surface area contributed by atoms with Gasteiger partial charge in [-0.15, -0.1) is 0 Å². The lowest BCUT2D eigenvalue weighted by molar-refractivity contribution is -0.139. The third-order valence-corrected chi connectivity index (χ3v) is 1.22. The van der Waals surface area contributed by atoms with Crippen LogP contribution < -0.4 is 0 Å². The molecule has 68 valence electrons. The van der Waals surface area contributed by atoms with Gasteiger partial charge in [-0.2, -0.15) is 0 Å². The Kier molecular flexibility index (Phi) is 4.76. The van der Waals surface area contributed by atoms with E-state index in [-0.39, 0.29) is 12.4 Å². The molecule has 0 rings (SSSR count). The zero-order valence-electron chi connectivity index (χ0n) is 7.42. The van der Waals surface area contributed by atoms with Gasteiger partial charge in [-0.3, -0.25) is 4.79 Å². The predicted octanol–water partition coefficient (Wildman–Crippen LogP) is 0.669. The Hall–Kier alpha value is -1.32. The Morgan fingerprint density at radius 2 is 1.83 bits per heavy atom. The number of hydrogen-bond donors (Lipinski definition) is 0. The molecular formula is C8H12O4. The quantitative estimate of drug-likeness (QED) is 0.463. The maximum absolute atomic E-state index is 10.7. The molecule has 0 atom stereocenters. The lowest BCUT2D eigenvalue weighted by atomic mass is 10.2. The third-order valence-electron chi connectivity index (χ3n) is 1.22. The standard InChI is InChI=1S/C8H12O4/c1-6(4-7(9)11-2)5-8(10)12-3/h4H,5H2,1-3H3/b6-4-. The zero-order chi connectivity index (χ0) is 9.56. The molecule has 0 bridgehead atoms. The second-order valence-corrected chi connectivity index (χ2v) is 2.27. The normalized spacial score (nSPS) is 10.8. The topological polar surface area (TPSA) is 52.6 Å². The molecule has 0 heterocycles. The van der Waals surface area contributed by atoms with E-state index < -0.39 is 5.97 Å². The fraction of sp³-hybridized carbons (Fsp3) is 0.500. The second kappa shape index (κ2) is 5.35. The maximum Gasteiger partial charge on any atom is 0.330 e. The highest BCUT2D eigenvalue weighted by molar-refractivity contribution is 5.84. The van der Waals surface area contributed by atoms with Crippen LogP contribution in [0.1, 0.15) is 13.3 Å². The molecule has 0 aliphatic rings. The highest BCUT2D eigenvalue weighted by atomic mass is 16.5. The van der Waals surface area contributed by atoms with Crippen molar-refractivity contribution in [3.8, 4) is 0 Å². The molecule has 0 unspecified atom stereocenters. The SMILES string of the molecule is COC(=O)/C=C(/C)CC(=O)OC. The van der Waals surface area contributed by atoms with Crippen molar-refractivity contribution < 1.29 is 19.1 Å². The molecule has 4 nitrogen and oxygen atoms in total. The Balaban J connectivity index is 4.02. The summed E-state index contributed by atoms with van der Waals surface area (Å²) >= 11 is 0. The molecule has 0 spiro atoms. The summed E-state index contributed by atoms with van der Waals surface area (Å²) in [6.07, 6.45) is 1.38.